The van der Waals surface area contributed by atoms with Gasteiger partial charge in [-0.3, -0.25) is 10.1 Å². The lowest BCUT2D eigenvalue weighted by molar-refractivity contribution is -0.117. The molecular formula is C14H21N5O2S2. The minimum Gasteiger partial charge on any atom is -0.374 e. The number of anilines is 1. The Balaban J connectivity index is 1.39. The monoisotopic (exact) mass is 355 g/mol. The van der Waals surface area contributed by atoms with Crippen LogP contribution in [0.5, 0.6) is 0 Å². The molecule has 2 aliphatic carbocycles. The van der Waals surface area contributed by atoms with Crippen molar-refractivity contribution < 1.29 is 9.59 Å². The summed E-state index contributed by atoms with van der Waals surface area (Å²) in [5.74, 6) is 1.90. The lowest BCUT2D eigenvalue weighted by Gasteiger charge is -2.28. The predicted molar refractivity (Wildman–Crippen MR) is 90.1 cm³/mol. The maximum absolute atomic E-state index is 11.9. The maximum atomic E-state index is 11.9. The first-order valence-electron chi connectivity index (χ1n) is 7.83. The normalized spacial score (nSPS) is 26.9. The number of imide groups is 1. The van der Waals surface area contributed by atoms with E-state index in [4.69, 9.17) is 5.73 Å². The summed E-state index contributed by atoms with van der Waals surface area (Å²) in [5.41, 5.74) is 5.47. The molecule has 1 heterocycles. The van der Waals surface area contributed by atoms with Gasteiger partial charge in [-0.2, -0.15) is 0 Å². The Morgan fingerprint density at radius 1 is 1.39 bits per heavy atom. The second-order valence-corrected chi connectivity index (χ2v) is 8.58. The Labute approximate surface area is 143 Å². The molecule has 9 heteroatoms. The first kappa shape index (κ1) is 16.5. The number of carbonyl (C=O) groups is 2. The van der Waals surface area contributed by atoms with Crippen molar-refractivity contribution in [1.29, 1.82) is 0 Å². The van der Waals surface area contributed by atoms with Gasteiger partial charge in [-0.05, 0) is 43.9 Å². The molecule has 0 saturated heterocycles. The van der Waals surface area contributed by atoms with Crippen LogP contribution in [0, 0.1) is 17.8 Å². The van der Waals surface area contributed by atoms with Gasteiger partial charge in [-0.15, -0.1) is 10.2 Å². The van der Waals surface area contributed by atoms with Crippen LogP contribution in [-0.2, 0) is 4.79 Å². The highest BCUT2D eigenvalue weighted by Crippen LogP contribution is 2.49. The number of nitrogens with zero attached hydrogens (tertiary/aromatic N) is 2. The largest absolute Gasteiger partial charge is 0.374 e. The number of fused-ring (bicyclic) bond motifs is 2. The average molecular weight is 355 g/mol. The minimum absolute atomic E-state index is 0.105. The van der Waals surface area contributed by atoms with E-state index in [0.29, 0.717) is 15.4 Å². The molecule has 1 aromatic heterocycles. The van der Waals surface area contributed by atoms with Crippen LogP contribution in [0.3, 0.4) is 0 Å². The fourth-order valence-corrected chi connectivity index (χ4v) is 5.26. The molecule has 2 bridgehead atoms. The van der Waals surface area contributed by atoms with Crippen molar-refractivity contribution in [3.63, 3.8) is 0 Å². The quantitative estimate of drug-likeness (QED) is 0.696. The topological polar surface area (TPSA) is 110 Å². The first-order chi connectivity index (χ1) is 11.0. The van der Waals surface area contributed by atoms with E-state index in [1.165, 1.54) is 48.8 Å². The smallest absolute Gasteiger partial charge is 0.321 e. The molecule has 3 amide bonds. The maximum Gasteiger partial charge on any atom is 0.321 e. The van der Waals surface area contributed by atoms with Crippen molar-refractivity contribution >= 4 is 40.2 Å². The van der Waals surface area contributed by atoms with Crippen molar-refractivity contribution in [3.8, 4) is 0 Å². The van der Waals surface area contributed by atoms with Gasteiger partial charge in [0.15, 0.2) is 4.34 Å². The first-order valence-corrected chi connectivity index (χ1v) is 9.63. The number of thioether (sulfide) groups is 1. The third kappa shape index (κ3) is 4.14. The second kappa shape index (κ2) is 7.04. The molecule has 4 N–H and O–H groups in total. The van der Waals surface area contributed by atoms with E-state index in [2.05, 4.69) is 20.8 Å². The molecule has 0 unspecified atom stereocenters. The number of nitrogens with two attached hydrogens (primary N) is 1. The van der Waals surface area contributed by atoms with Crippen LogP contribution in [-0.4, -0.2) is 33.9 Å². The fraction of sp³-hybridized carbons (Fsp3) is 0.714. The van der Waals surface area contributed by atoms with Gasteiger partial charge in [0.1, 0.15) is 0 Å². The summed E-state index contributed by atoms with van der Waals surface area (Å²) in [6.07, 6.45) is 5.13. The van der Waals surface area contributed by atoms with Crippen LogP contribution in [0.15, 0.2) is 4.34 Å². The fourth-order valence-electron chi connectivity index (χ4n) is 3.82. The van der Waals surface area contributed by atoms with E-state index < -0.39 is 6.03 Å². The average Bonchev–Trinajstić information content (AvgIpc) is 3.21. The van der Waals surface area contributed by atoms with Crippen molar-refractivity contribution in [2.24, 2.45) is 17.8 Å². The van der Waals surface area contributed by atoms with Crippen molar-refractivity contribution in [2.75, 3.05) is 11.5 Å². The number of amides is 3. The Morgan fingerprint density at radius 3 is 2.83 bits per heavy atom. The number of rotatable bonds is 5. The van der Waals surface area contributed by atoms with Crippen molar-refractivity contribution in [3.05, 3.63) is 0 Å². The molecule has 7 nitrogen and oxygen atoms in total. The third-order valence-corrected chi connectivity index (χ3v) is 6.68. The Morgan fingerprint density at radius 2 is 2.22 bits per heavy atom. The van der Waals surface area contributed by atoms with Gasteiger partial charge in [0.05, 0.1) is 5.75 Å². The van der Waals surface area contributed by atoms with E-state index in [-0.39, 0.29) is 17.7 Å². The summed E-state index contributed by atoms with van der Waals surface area (Å²) in [6.45, 7) is 2.04. The highest BCUT2D eigenvalue weighted by Gasteiger charge is 2.42. The molecule has 1 aromatic rings. The van der Waals surface area contributed by atoms with E-state index >= 15 is 0 Å². The van der Waals surface area contributed by atoms with Crippen LogP contribution < -0.4 is 16.4 Å². The van der Waals surface area contributed by atoms with Crippen molar-refractivity contribution in [2.45, 2.75) is 43.0 Å². The number of hydrogen-bond acceptors (Lipinski definition) is 7. The zero-order chi connectivity index (χ0) is 16.4. The van der Waals surface area contributed by atoms with E-state index in [0.717, 1.165) is 11.8 Å². The molecule has 3 rings (SSSR count). The molecule has 0 aliphatic heterocycles. The Bertz CT molecular complexity index is 593. The summed E-state index contributed by atoms with van der Waals surface area (Å²) in [5, 5.41) is 13.1. The molecule has 2 saturated carbocycles. The van der Waals surface area contributed by atoms with Gasteiger partial charge in [-0.25, -0.2) is 4.79 Å². The molecule has 126 valence electrons. The van der Waals surface area contributed by atoms with Gasteiger partial charge in [0.25, 0.3) is 0 Å². The molecule has 2 aliphatic rings. The van der Waals surface area contributed by atoms with Crippen molar-refractivity contribution in [1.82, 2.24) is 20.8 Å². The molecule has 2 fully saturated rings. The standard InChI is InChI=1S/C14H21N5O2S2/c1-7(10-5-8-2-3-9(10)4-8)16-13(21)17-11(20)6-22-14-19-18-12(15)23-14/h7-10H,2-6H2,1H3,(H2,15,18)(H2,16,17,20,21)/t7-,8+,9+,10-/m1/s1. The van der Waals surface area contributed by atoms with Gasteiger partial charge >= 0.3 is 6.03 Å². The van der Waals surface area contributed by atoms with Gasteiger partial charge in [0.2, 0.25) is 11.0 Å². The lowest BCUT2D eigenvalue weighted by atomic mass is 9.84. The highest BCUT2D eigenvalue weighted by molar-refractivity contribution is 8.01. The second-order valence-electron chi connectivity index (χ2n) is 6.34. The third-order valence-electron chi connectivity index (χ3n) is 4.80. The van der Waals surface area contributed by atoms with Crippen LogP contribution in [0.25, 0.3) is 0 Å². The highest BCUT2D eigenvalue weighted by atomic mass is 32.2. The number of nitrogens with one attached hydrogen (secondary N) is 2. The Hall–Kier alpha value is -1.35. The molecule has 0 spiro atoms. The number of hydrogen-bond donors (Lipinski definition) is 3. The summed E-state index contributed by atoms with van der Waals surface area (Å²) >= 11 is 2.44. The van der Waals surface area contributed by atoms with Crippen LogP contribution in [0.1, 0.15) is 32.6 Å². The summed E-state index contributed by atoms with van der Waals surface area (Å²) in [4.78, 5) is 23.7. The molecule has 23 heavy (non-hydrogen) atoms. The van der Waals surface area contributed by atoms with Crippen LogP contribution >= 0.6 is 23.1 Å². The zero-order valence-electron chi connectivity index (χ0n) is 12.9. The number of aromatic nitrogens is 2. The number of nitrogen functional groups attached to an aromatic ring is 1. The molecule has 0 radical (unpaired) electrons. The van der Waals surface area contributed by atoms with E-state index in [1.54, 1.807) is 0 Å². The number of carbonyl (C=O) groups excluding carboxylic acids is 2. The summed E-state index contributed by atoms with van der Waals surface area (Å²) < 4.78 is 0.619. The molecule has 4 atom stereocenters. The van der Waals surface area contributed by atoms with Crippen LogP contribution in [0.4, 0.5) is 9.93 Å². The van der Waals surface area contributed by atoms with Gasteiger partial charge < -0.3 is 11.1 Å². The van der Waals surface area contributed by atoms with E-state index in [1.807, 2.05) is 6.92 Å². The zero-order valence-corrected chi connectivity index (χ0v) is 14.6. The number of urea groups is 1. The predicted octanol–water partition coefficient (Wildman–Crippen LogP) is 1.86. The molecular weight excluding hydrogens is 334 g/mol. The molecule has 0 aromatic carbocycles. The summed E-state index contributed by atoms with van der Waals surface area (Å²) in [6, 6.07) is -0.309. The SMILES string of the molecule is C[C@@H](NC(=O)NC(=O)CSc1nnc(N)s1)[C@H]1C[C@H]2CC[C@H]1C2. The van der Waals surface area contributed by atoms with Gasteiger partial charge in [-0.1, -0.05) is 29.5 Å². The minimum atomic E-state index is -0.414. The Kier molecular flexibility index (Phi) is 5.05. The van der Waals surface area contributed by atoms with E-state index in [9.17, 15) is 9.59 Å². The van der Waals surface area contributed by atoms with Crippen LogP contribution in [0.2, 0.25) is 0 Å². The lowest BCUT2D eigenvalue weighted by Crippen LogP contribution is -2.47. The summed E-state index contributed by atoms with van der Waals surface area (Å²) in [7, 11) is 0. The van der Waals surface area contributed by atoms with Gasteiger partial charge in [0, 0.05) is 6.04 Å².